The third kappa shape index (κ3) is 3.74. The minimum Gasteiger partial charge on any atom is -0.314 e. The minimum absolute atomic E-state index is 0.0178. The normalized spacial score (nSPS) is 12.2. The molecule has 0 aliphatic carbocycles. The van der Waals surface area contributed by atoms with Crippen molar-refractivity contribution in [2.24, 2.45) is 7.05 Å². The summed E-state index contributed by atoms with van der Waals surface area (Å²) in [6.07, 6.45) is 0. The molecule has 0 N–H and O–H groups in total. The van der Waals surface area contributed by atoms with Crippen molar-refractivity contribution in [2.75, 3.05) is 4.31 Å². The second-order valence-electron chi connectivity index (χ2n) is 7.67. The van der Waals surface area contributed by atoms with Crippen LogP contribution in [0.3, 0.4) is 0 Å². The van der Waals surface area contributed by atoms with Crippen LogP contribution < -0.4 is 4.31 Å². The van der Waals surface area contributed by atoms with Gasteiger partial charge in [-0.2, -0.15) is 0 Å². The quantitative estimate of drug-likeness (QED) is 0.638. The van der Waals surface area contributed by atoms with Crippen molar-refractivity contribution in [3.63, 3.8) is 0 Å². The van der Waals surface area contributed by atoms with Crippen molar-refractivity contribution in [3.05, 3.63) is 59.9 Å². The van der Waals surface area contributed by atoms with Gasteiger partial charge in [0.25, 0.3) is 10.0 Å². The highest BCUT2D eigenvalue weighted by atomic mass is 32.2. The molecule has 0 saturated carbocycles. The Morgan fingerprint density at radius 1 is 1.00 bits per heavy atom. The van der Waals surface area contributed by atoms with Crippen LogP contribution in [0.1, 0.15) is 26.6 Å². The van der Waals surface area contributed by atoms with Gasteiger partial charge < -0.3 is 4.57 Å². The Balaban J connectivity index is 2.36. The van der Waals surface area contributed by atoms with Gasteiger partial charge in [-0.1, -0.05) is 18.2 Å². The lowest BCUT2D eigenvalue weighted by atomic mass is 10.1. The number of hydrogen-bond acceptors (Lipinski definition) is 4. The number of nitrogens with zero attached hydrogens (tertiary/aromatic N) is 4. The van der Waals surface area contributed by atoms with Gasteiger partial charge in [-0.25, -0.2) is 17.2 Å². The summed E-state index contributed by atoms with van der Waals surface area (Å²) in [6.45, 7) is 6.75. The fourth-order valence-electron chi connectivity index (χ4n) is 3.07. The first-order valence-corrected chi connectivity index (χ1v) is 10.3. The van der Waals surface area contributed by atoms with Gasteiger partial charge in [0.2, 0.25) is 0 Å². The summed E-state index contributed by atoms with van der Waals surface area (Å²) in [7, 11) is -2.42. The molecule has 0 saturated heterocycles. The van der Waals surface area contributed by atoms with Crippen LogP contribution in [-0.4, -0.2) is 28.7 Å². The van der Waals surface area contributed by atoms with Crippen LogP contribution in [0.25, 0.3) is 11.4 Å². The van der Waals surface area contributed by atoms with Gasteiger partial charge in [-0.05, 0) is 45.9 Å². The van der Waals surface area contributed by atoms with E-state index >= 15 is 0 Å². The highest BCUT2D eigenvalue weighted by molar-refractivity contribution is 7.93. The molecule has 9 heteroatoms. The number of hydrogen-bond donors (Lipinski definition) is 0. The standard InChI is InChI=1S/C20H22F2N4O2S/c1-13-23-24-19(25(13)5)15-11-16(21)17(22)12-18(15)26(20(2,3)4)29(27,28)14-9-7-6-8-10-14/h6-12H,1-5H3. The third-order valence-corrected chi connectivity index (χ3v) is 6.57. The second kappa shape index (κ2) is 7.22. The molecule has 2 aromatic carbocycles. The lowest BCUT2D eigenvalue weighted by Gasteiger charge is -2.37. The largest absolute Gasteiger partial charge is 0.314 e. The van der Waals surface area contributed by atoms with Gasteiger partial charge in [-0.15, -0.1) is 10.2 Å². The van der Waals surface area contributed by atoms with E-state index < -0.39 is 27.2 Å². The predicted octanol–water partition coefficient (Wildman–Crippen LogP) is 4.06. The summed E-state index contributed by atoms with van der Waals surface area (Å²) in [5.41, 5.74) is -0.876. The van der Waals surface area contributed by atoms with Crippen LogP contribution in [0.4, 0.5) is 14.5 Å². The Kier molecular flexibility index (Phi) is 5.20. The number of rotatable bonds is 4. The molecule has 3 aromatic rings. The first-order valence-electron chi connectivity index (χ1n) is 8.90. The maximum Gasteiger partial charge on any atom is 0.264 e. The molecule has 3 rings (SSSR count). The Hall–Kier alpha value is -2.81. The van der Waals surface area contributed by atoms with E-state index in [1.807, 2.05) is 0 Å². The second-order valence-corrected chi connectivity index (χ2v) is 9.45. The highest BCUT2D eigenvalue weighted by Crippen LogP contribution is 2.39. The monoisotopic (exact) mass is 420 g/mol. The van der Waals surface area contributed by atoms with Crippen LogP contribution in [0, 0.1) is 18.6 Å². The summed E-state index contributed by atoms with van der Waals surface area (Å²) in [6, 6.07) is 9.66. The molecule has 0 aliphatic heterocycles. The highest BCUT2D eigenvalue weighted by Gasteiger charge is 2.37. The van der Waals surface area contributed by atoms with Crippen molar-refractivity contribution >= 4 is 15.7 Å². The van der Waals surface area contributed by atoms with Crippen LogP contribution >= 0.6 is 0 Å². The smallest absolute Gasteiger partial charge is 0.264 e. The molecule has 0 bridgehead atoms. The van der Waals surface area contributed by atoms with E-state index in [9.17, 15) is 17.2 Å². The zero-order valence-electron chi connectivity index (χ0n) is 16.8. The summed E-state index contributed by atoms with van der Waals surface area (Å²) >= 11 is 0. The zero-order chi connectivity index (χ0) is 21.6. The van der Waals surface area contributed by atoms with Crippen LogP contribution in [0.5, 0.6) is 0 Å². The molecule has 0 aliphatic rings. The Morgan fingerprint density at radius 2 is 1.59 bits per heavy atom. The molecule has 0 amide bonds. The van der Waals surface area contributed by atoms with Crippen LogP contribution in [0.15, 0.2) is 47.4 Å². The van der Waals surface area contributed by atoms with Gasteiger partial charge in [-0.3, -0.25) is 4.31 Å². The SMILES string of the molecule is Cc1nnc(-c2cc(F)c(F)cc2N(C(C)(C)C)S(=O)(=O)c2ccccc2)n1C. The van der Waals surface area contributed by atoms with Gasteiger partial charge in [0.15, 0.2) is 17.5 Å². The van der Waals surface area contributed by atoms with Gasteiger partial charge >= 0.3 is 0 Å². The molecule has 0 atom stereocenters. The van der Waals surface area contributed by atoms with E-state index in [4.69, 9.17) is 0 Å². The number of benzene rings is 2. The van der Waals surface area contributed by atoms with Crippen molar-refractivity contribution in [2.45, 2.75) is 38.1 Å². The van der Waals surface area contributed by atoms with Crippen LogP contribution in [0.2, 0.25) is 0 Å². The molecule has 154 valence electrons. The van der Waals surface area contributed by atoms with Gasteiger partial charge in [0.1, 0.15) is 5.82 Å². The van der Waals surface area contributed by atoms with Crippen molar-refractivity contribution in [1.82, 2.24) is 14.8 Å². The number of anilines is 1. The number of halogens is 2. The van der Waals surface area contributed by atoms with E-state index in [1.165, 1.54) is 12.1 Å². The average molecular weight is 420 g/mol. The number of aryl methyl sites for hydroxylation is 1. The number of sulfonamides is 1. The zero-order valence-corrected chi connectivity index (χ0v) is 17.6. The molecule has 1 aromatic heterocycles. The third-order valence-electron chi connectivity index (χ3n) is 4.48. The molecule has 0 fully saturated rings. The number of aromatic nitrogens is 3. The van der Waals surface area contributed by atoms with Crippen molar-refractivity contribution < 1.29 is 17.2 Å². The lowest BCUT2D eigenvalue weighted by molar-refractivity contribution is 0.505. The first kappa shape index (κ1) is 20.9. The van der Waals surface area contributed by atoms with E-state index in [0.717, 1.165) is 16.4 Å². The average Bonchev–Trinajstić information content (AvgIpc) is 2.96. The van der Waals surface area contributed by atoms with Gasteiger partial charge in [0.05, 0.1) is 10.6 Å². The maximum absolute atomic E-state index is 14.3. The molecular formula is C20H22F2N4O2S. The van der Waals surface area contributed by atoms with E-state index in [2.05, 4.69) is 10.2 Å². The van der Waals surface area contributed by atoms with Crippen molar-refractivity contribution in [3.8, 4) is 11.4 Å². The molecule has 0 radical (unpaired) electrons. The van der Waals surface area contributed by atoms with Crippen molar-refractivity contribution in [1.29, 1.82) is 0 Å². The summed E-state index contributed by atoms with van der Waals surface area (Å²) in [5.74, 6) is -1.48. The van der Waals surface area contributed by atoms with E-state index in [-0.39, 0.29) is 22.0 Å². The van der Waals surface area contributed by atoms with Crippen LogP contribution in [-0.2, 0) is 17.1 Å². The summed E-state index contributed by atoms with van der Waals surface area (Å²) < 4.78 is 58.2. The predicted molar refractivity (Wildman–Crippen MR) is 107 cm³/mol. The fourth-order valence-corrected chi connectivity index (χ4v) is 4.92. The van der Waals surface area contributed by atoms with E-state index in [0.29, 0.717) is 5.82 Å². The molecule has 1 heterocycles. The molecule has 0 unspecified atom stereocenters. The minimum atomic E-state index is -4.09. The molecule has 6 nitrogen and oxygen atoms in total. The topological polar surface area (TPSA) is 68.1 Å². The maximum atomic E-state index is 14.3. The first-order chi connectivity index (χ1) is 13.4. The molecular weight excluding hydrogens is 398 g/mol. The fraction of sp³-hybridized carbons (Fsp3) is 0.300. The molecule has 0 spiro atoms. The van der Waals surface area contributed by atoms with E-state index in [1.54, 1.807) is 57.5 Å². The summed E-state index contributed by atoms with van der Waals surface area (Å²) in [4.78, 5) is 0.0414. The van der Waals surface area contributed by atoms with Gasteiger partial charge in [0, 0.05) is 24.2 Å². The molecule has 29 heavy (non-hydrogen) atoms. The summed E-state index contributed by atoms with van der Waals surface area (Å²) in [5, 5.41) is 8.00. The Labute approximate surface area is 168 Å². The Morgan fingerprint density at radius 3 is 2.10 bits per heavy atom. The lowest BCUT2D eigenvalue weighted by Crippen LogP contribution is -2.46. The Bertz CT molecular complexity index is 1150.